The van der Waals surface area contributed by atoms with Crippen LogP contribution in [0.5, 0.6) is 11.8 Å². The van der Waals surface area contributed by atoms with Gasteiger partial charge in [-0.15, -0.1) is 13.2 Å². The molecule has 144 valence electrons. The van der Waals surface area contributed by atoms with E-state index in [1.165, 1.54) is 22.8 Å². The number of para-hydroxylation sites is 2. The number of imidazole rings is 1. The van der Waals surface area contributed by atoms with E-state index in [0.29, 0.717) is 0 Å². The van der Waals surface area contributed by atoms with Crippen molar-refractivity contribution in [2.24, 2.45) is 0 Å². The summed E-state index contributed by atoms with van der Waals surface area (Å²) in [6.45, 7) is 0.132. The van der Waals surface area contributed by atoms with Gasteiger partial charge in [0.1, 0.15) is 12.8 Å². The highest BCUT2D eigenvalue weighted by Crippen LogP contribution is 2.30. The van der Waals surface area contributed by atoms with Crippen molar-refractivity contribution in [1.82, 2.24) is 14.9 Å². The summed E-state index contributed by atoms with van der Waals surface area (Å²) in [5.41, 5.74) is -0.178. The Morgan fingerprint density at radius 3 is 2.85 bits per heavy atom. The van der Waals surface area contributed by atoms with Crippen molar-refractivity contribution in [3.63, 3.8) is 0 Å². The normalized spacial score (nSPS) is 16.0. The molecule has 13 heteroatoms. The molecule has 0 radical (unpaired) electrons. The maximum atomic E-state index is 12.4. The zero-order chi connectivity index (χ0) is 19.6. The first-order valence-electron chi connectivity index (χ1n) is 7.48. The highest BCUT2D eigenvalue weighted by Gasteiger charge is 2.32. The quantitative estimate of drug-likeness (QED) is 0.613. The number of carbonyl (C=O) groups is 1. The van der Waals surface area contributed by atoms with Crippen LogP contribution < -0.4 is 20.1 Å². The number of nitrogens with one attached hydrogen (secondary N) is 2. The molecule has 2 N–H and O–H groups in total. The van der Waals surface area contributed by atoms with Gasteiger partial charge in [-0.2, -0.15) is 0 Å². The van der Waals surface area contributed by atoms with Gasteiger partial charge >= 0.3 is 24.2 Å². The van der Waals surface area contributed by atoms with Crippen LogP contribution in [-0.2, 0) is 6.54 Å². The van der Waals surface area contributed by atoms with E-state index in [9.17, 15) is 28.1 Å². The molecule has 0 unspecified atom stereocenters. The lowest BCUT2D eigenvalue weighted by Gasteiger charge is -2.23. The summed E-state index contributed by atoms with van der Waals surface area (Å²) in [6.07, 6.45) is -3.74. The lowest BCUT2D eigenvalue weighted by Crippen LogP contribution is -2.46. The number of aromatic nitrogens is 2. The Balaban J connectivity index is 1.63. The molecule has 0 saturated heterocycles. The number of hydrogen-bond donors (Lipinski definition) is 2. The second kappa shape index (κ2) is 7.01. The molecule has 1 aliphatic rings. The molecule has 2 heterocycles. The molecule has 1 aromatic heterocycles. The van der Waals surface area contributed by atoms with E-state index < -0.39 is 34.9 Å². The highest BCUT2D eigenvalue weighted by atomic mass is 19.4. The van der Waals surface area contributed by atoms with Gasteiger partial charge in [-0.1, -0.05) is 12.1 Å². The van der Waals surface area contributed by atoms with Gasteiger partial charge in [0.2, 0.25) is 0 Å². The summed E-state index contributed by atoms with van der Waals surface area (Å²) in [6, 6.07) is 3.73. The third-order valence-corrected chi connectivity index (χ3v) is 3.44. The Morgan fingerprint density at radius 1 is 1.41 bits per heavy atom. The van der Waals surface area contributed by atoms with Crippen molar-refractivity contribution in [3.05, 3.63) is 40.6 Å². The van der Waals surface area contributed by atoms with E-state index in [4.69, 9.17) is 4.74 Å². The molecule has 0 spiro atoms. The largest absolute Gasteiger partial charge is 0.573 e. The van der Waals surface area contributed by atoms with Crippen molar-refractivity contribution < 1.29 is 32.4 Å². The van der Waals surface area contributed by atoms with Crippen molar-refractivity contribution in [2.75, 3.05) is 11.9 Å². The monoisotopic (exact) mass is 387 g/mol. The molecule has 0 bridgehead atoms. The van der Waals surface area contributed by atoms with E-state index in [1.807, 2.05) is 0 Å². The van der Waals surface area contributed by atoms with Gasteiger partial charge in [-0.25, -0.2) is 4.79 Å². The average molecular weight is 387 g/mol. The number of ether oxygens (including phenoxy) is 2. The number of nitro groups is 1. The number of fused-ring (bicyclic) bond motifs is 1. The number of carbonyl (C=O) groups excluding carboxylic acids is 1. The molecule has 0 fully saturated rings. The molecule has 0 saturated carbocycles. The molecular formula is C14H12F3N5O5. The molecule has 0 aliphatic carbocycles. The van der Waals surface area contributed by atoms with E-state index in [-0.39, 0.29) is 24.8 Å². The van der Waals surface area contributed by atoms with Gasteiger partial charge in [0.15, 0.2) is 5.75 Å². The van der Waals surface area contributed by atoms with Crippen molar-refractivity contribution in [1.29, 1.82) is 0 Å². The zero-order valence-electron chi connectivity index (χ0n) is 13.4. The maximum absolute atomic E-state index is 12.4. The fourth-order valence-electron chi connectivity index (χ4n) is 2.40. The fraction of sp³-hybridized carbons (Fsp3) is 0.286. The number of hydrogen-bond acceptors (Lipinski definition) is 6. The van der Waals surface area contributed by atoms with Crippen molar-refractivity contribution in [3.8, 4) is 11.8 Å². The molecule has 2 amide bonds. The van der Waals surface area contributed by atoms with Crippen LogP contribution in [0.15, 0.2) is 30.5 Å². The molecule has 10 nitrogen and oxygen atoms in total. The summed E-state index contributed by atoms with van der Waals surface area (Å²) in [5, 5.41) is 15.5. The minimum atomic E-state index is -4.90. The Hall–Kier alpha value is -3.51. The SMILES string of the molecule is O=C(Nc1ccccc1OC(F)(F)F)N[C@@H]1COc2nc([N+](=O)[O-])cn2C1. The zero-order valence-corrected chi connectivity index (χ0v) is 13.4. The first kappa shape index (κ1) is 18.3. The fourth-order valence-corrected chi connectivity index (χ4v) is 2.40. The van der Waals surface area contributed by atoms with Crippen LogP contribution in [0.25, 0.3) is 0 Å². The lowest BCUT2D eigenvalue weighted by molar-refractivity contribution is -0.389. The lowest BCUT2D eigenvalue weighted by atomic mass is 10.3. The standard InChI is InChI=1S/C14H12F3N5O5/c15-14(16,17)27-10-4-2-1-3-9(10)19-12(23)18-8-5-21-6-11(22(24)25)20-13(21)26-7-8/h1-4,6,8H,5,7H2,(H2,18,19,23)/t8-/m0/s1. The smallest absolute Gasteiger partial charge is 0.444 e. The van der Waals surface area contributed by atoms with Crippen LogP contribution in [0.4, 0.5) is 29.5 Å². The van der Waals surface area contributed by atoms with Crippen molar-refractivity contribution in [2.45, 2.75) is 18.9 Å². The van der Waals surface area contributed by atoms with Gasteiger partial charge in [-0.3, -0.25) is 4.57 Å². The molecular weight excluding hydrogens is 375 g/mol. The molecule has 1 aliphatic heterocycles. The predicted molar refractivity (Wildman–Crippen MR) is 83.4 cm³/mol. The summed E-state index contributed by atoms with van der Waals surface area (Å²) >= 11 is 0. The van der Waals surface area contributed by atoms with Crippen LogP contribution in [0, 0.1) is 10.1 Å². The minimum Gasteiger partial charge on any atom is -0.444 e. The van der Waals surface area contributed by atoms with E-state index >= 15 is 0 Å². The second-order valence-corrected chi connectivity index (χ2v) is 5.44. The van der Waals surface area contributed by atoms with Crippen LogP contribution in [0.3, 0.4) is 0 Å². The Morgan fingerprint density at radius 2 is 2.15 bits per heavy atom. The molecule has 1 atom stereocenters. The third-order valence-electron chi connectivity index (χ3n) is 3.44. The van der Waals surface area contributed by atoms with Crippen LogP contribution in [-0.4, -0.2) is 39.5 Å². The van der Waals surface area contributed by atoms with Gasteiger partial charge < -0.3 is 30.2 Å². The summed E-state index contributed by atoms with van der Waals surface area (Å²) in [5.74, 6) is -0.958. The number of nitrogens with zero attached hydrogens (tertiary/aromatic N) is 3. The van der Waals surface area contributed by atoms with E-state index in [2.05, 4.69) is 20.4 Å². The van der Waals surface area contributed by atoms with E-state index in [1.54, 1.807) is 0 Å². The van der Waals surface area contributed by atoms with Gasteiger partial charge in [0.25, 0.3) is 0 Å². The first-order valence-corrected chi connectivity index (χ1v) is 7.48. The van der Waals surface area contributed by atoms with Crippen LogP contribution in [0.2, 0.25) is 0 Å². The summed E-state index contributed by atoms with van der Waals surface area (Å²) < 4.78 is 47.7. The second-order valence-electron chi connectivity index (χ2n) is 5.44. The summed E-state index contributed by atoms with van der Waals surface area (Å²) in [4.78, 5) is 25.8. The molecule has 1 aromatic carbocycles. The highest BCUT2D eigenvalue weighted by molar-refractivity contribution is 5.91. The Bertz CT molecular complexity index is 869. The number of anilines is 1. The number of halogens is 3. The third kappa shape index (κ3) is 4.56. The molecule has 3 rings (SSSR count). The maximum Gasteiger partial charge on any atom is 0.573 e. The Labute approximate surface area is 149 Å². The minimum absolute atomic E-state index is 0.0116. The average Bonchev–Trinajstić information content (AvgIpc) is 2.99. The number of urea groups is 1. The first-order chi connectivity index (χ1) is 12.7. The van der Waals surface area contributed by atoms with Gasteiger partial charge in [-0.05, 0) is 17.1 Å². The van der Waals surface area contributed by atoms with Gasteiger partial charge in [0, 0.05) is 4.98 Å². The predicted octanol–water partition coefficient (Wildman–Crippen LogP) is 2.27. The number of rotatable bonds is 4. The topological polar surface area (TPSA) is 121 Å². The molecule has 27 heavy (non-hydrogen) atoms. The number of amides is 2. The van der Waals surface area contributed by atoms with E-state index in [0.717, 1.165) is 12.3 Å². The number of alkyl halides is 3. The number of benzene rings is 1. The summed E-state index contributed by atoms with van der Waals surface area (Å²) in [7, 11) is 0. The van der Waals surface area contributed by atoms with Crippen molar-refractivity contribution >= 4 is 17.5 Å². The van der Waals surface area contributed by atoms with Crippen LogP contribution >= 0.6 is 0 Å². The molecule has 2 aromatic rings. The van der Waals surface area contributed by atoms with Gasteiger partial charge in [0.05, 0.1) is 18.3 Å². The van der Waals surface area contributed by atoms with Crippen LogP contribution in [0.1, 0.15) is 0 Å². The Kier molecular flexibility index (Phi) is 4.75.